The quantitative estimate of drug-likeness (QED) is 0.835. The monoisotopic (exact) mass is 262 g/mol. The van der Waals surface area contributed by atoms with E-state index in [0.717, 1.165) is 11.8 Å². The molecular formula is C9H11ClN2O3S. The Labute approximate surface area is 102 Å². The molecule has 16 heavy (non-hydrogen) atoms. The Hall–Kier alpha value is -0.690. The van der Waals surface area contributed by atoms with Gasteiger partial charge in [0.05, 0.1) is 11.1 Å². The molecule has 0 saturated carbocycles. The van der Waals surface area contributed by atoms with Crippen LogP contribution >= 0.6 is 23.4 Å². The van der Waals surface area contributed by atoms with E-state index in [9.17, 15) is 15.0 Å². The van der Waals surface area contributed by atoms with Gasteiger partial charge in [-0.2, -0.15) is 0 Å². The molecule has 0 radical (unpaired) electrons. The summed E-state index contributed by atoms with van der Waals surface area (Å²) < 4.78 is 0. The van der Waals surface area contributed by atoms with E-state index in [1.165, 1.54) is 19.3 Å². The number of hydrogen-bond acceptors (Lipinski definition) is 6. The van der Waals surface area contributed by atoms with Gasteiger partial charge in [-0.25, -0.2) is 9.97 Å². The van der Waals surface area contributed by atoms with Crippen molar-refractivity contribution in [1.29, 1.82) is 0 Å². The molecule has 1 aromatic rings. The lowest BCUT2D eigenvalue weighted by atomic mass is 10.2. The van der Waals surface area contributed by atoms with Crippen LogP contribution < -0.4 is 0 Å². The molecule has 0 aromatic carbocycles. The lowest BCUT2D eigenvalue weighted by Crippen LogP contribution is -2.23. The highest BCUT2D eigenvalue weighted by atomic mass is 35.5. The van der Waals surface area contributed by atoms with E-state index in [1.807, 2.05) is 0 Å². The molecule has 1 aromatic heterocycles. The number of nitrogens with zero attached hydrogens (tertiary/aromatic N) is 2. The highest BCUT2D eigenvalue weighted by molar-refractivity contribution is 8.13. The maximum atomic E-state index is 10.7. The normalized spacial score (nSPS) is 14.5. The fourth-order valence-corrected chi connectivity index (χ4v) is 1.63. The summed E-state index contributed by atoms with van der Waals surface area (Å²) >= 11 is 6.52. The summed E-state index contributed by atoms with van der Waals surface area (Å²) in [6, 6.07) is 0. The first-order valence-corrected chi connectivity index (χ1v) is 5.84. The van der Waals surface area contributed by atoms with E-state index < -0.39 is 12.2 Å². The molecule has 2 N–H and O–H groups in total. The van der Waals surface area contributed by atoms with Crippen molar-refractivity contribution in [3.8, 4) is 0 Å². The van der Waals surface area contributed by atoms with Crippen molar-refractivity contribution in [2.45, 2.75) is 19.1 Å². The Balaban J connectivity index is 2.59. The Bertz CT molecular complexity index is 360. The predicted molar refractivity (Wildman–Crippen MR) is 61.1 cm³/mol. The second kappa shape index (κ2) is 6.15. The number of aliphatic hydroxyl groups excluding tert-OH is 2. The zero-order valence-electron chi connectivity index (χ0n) is 8.50. The zero-order chi connectivity index (χ0) is 12.1. The highest BCUT2D eigenvalue weighted by Gasteiger charge is 2.21. The predicted octanol–water partition coefficient (Wildman–Crippen LogP) is 0.804. The topological polar surface area (TPSA) is 83.3 Å². The van der Waals surface area contributed by atoms with Crippen molar-refractivity contribution < 1.29 is 15.0 Å². The van der Waals surface area contributed by atoms with Crippen LogP contribution in [0.15, 0.2) is 12.4 Å². The zero-order valence-corrected chi connectivity index (χ0v) is 10.1. The molecule has 0 aliphatic rings. The van der Waals surface area contributed by atoms with E-state index in [2.05, 4.69) is 9.97 Å². The first kappa shape index (κ1) is 13.4. The number of carbonyl (C=O) groups is 1. The molecule has 1 heterocycles. The smallest absolute Gasteiger partial charge is 0.185 e. The third-order valence-corrected chi connectivity index (χ3v) is 2.84. The molecule has 0 bridgehead atoms. The Kier molecular flexibility index (Phi) is 5.14. The van der Waals surface area contributed by atoms with Crippen molar-refractivity contribution in [3.63, 3.8) is 0 Å². The molecular weight excluding hydrogens is 252 g/mol. The molecule has 0 saturated heterocycles. The summed E-state index contributed by atoms with van der Waals surface area (Å²) in [5.74, 6) is 0.184. The highest BCUT2D eigenvalue weighted by Crippen LogP contribution is 2.17. The molecule has 0 aliphatic carbocycles. The molecule has 1 rings (SSSR count). The second-order valence-electron chi connectivity index (χ2n) is 3.07. The Morgan fingerprint density at radius 2 is 2.06 bits per heavy atom. The number of halogens is 1. The Morgan fingerprint density at radius 1 is 1.50 bits per heavy atom. The van der Waals surface area contributed by atoms with Crippen LogP contribution in [0.4, 0.5) is 0 Å². The molecule has 2 atom stereocenters. The lowest BCUT2D eigenvalue weighted by molar-refractivity contribution is -0.109. The standard InChI is InChI=1S/C9H11ClN2O3S/c1-5(13)16-4-7(14)8(15)9-11-2-6(10)3-12-9/h2-3,7-8,14-15H,4H2,1H3. The summed E-state index contributed by atoms with van der Waals surface area (Å²) in [4.78, 5) is 18.2. The van der Waals surface area contributed by atoms with Crippen molar-refractivity contribution in [3.05, 3.63) is 23.2 Å². The molecule has 7 heteroatoms. The van der Waals surface area contributed by atoms with E-state index in [1.54, 1.807) is 0 Å². The van der Waals surface area contributed by atoms with E-state index in [-0.39, 0.29) is 16.7 Å². The van der Waals surface area contributed by atoms with Gasteiger partial charge in [-0.3, -0.25) is 4.79 Å². The first-order valence-electron chi connectivity index (χ1n) is 4.47. The lowest BCUT2D eigenvalue weighted by Gasteiger charge is -2.15. The molecule has 0 fully saturated rings. The van der Waals surface area contributed by atoms with Gasteiger partial charge in [0.2, 0.25) is 0 Å². The maximum Gasteiger partial charge on any atom is 0.185 e. The van der Waals surface area contributed by atoms with Crippen LogP contribution in [0.25, 0.3) is 0 Å². The third-order valence-electron chi connectivity index (χ3n) is 1.73. The van der Waals surface area contributed by atoms with Gasteiger partial charge >= 0.3 is 0 Å². The van der Waals surface area contributed by atoms with Crippen LogP contribution in [0.1, 0.15) is 18.9 Å². The van der Waals surface area contributed by atoms with E-state index in [4.69, 9.17) is 11.6 Å². The van der Waals surface area contributed by atoms with Crippen molar-refractivity contribution >= 4 is 28.5 Å². The third kappa shape index (κ3) is 4.05. The van der Waals surface area contributed by atoms with Gasteiger partial charge in [0.15, 0.2) is 10.9 Å². The number of aliphatic hydroxyl groups is 2. The average molecular weight is 263 g/mol. The van der Waals surface area contributed by atoms with Crippen molar-refractivity contribution in [2.24, 2.45) is 0 Å². The van der Waals surface area contributed by atoms with Crippen LogP contribution in [-0.4, -0.2) is 37.2 Å². The van der Waals surface area contributed by atoms with Gasteiger partial charge in [-0.05, 0) is 0 Å². The number of aromatic nitrogens is 2. The number of thioether (sulfide) groups is 1. The molecule has 0 aliphatic heterocycles. The van der Waals surface area contributed by atoms with Crippen LogP contribution in [0.3, 0.4) is 0 Å². The molecule has 2 unspecified atom stereocenters. The summed E-state index contributed by atoms with van der Waals surface area (Å²) in [6.07, 6.45) is 0.356. The van der Waals surface area contributed by atoms with Gasteiger partial charge in [0.25, 0.3) is 0 Å². The number of rotatable bonds is 4. The Morgan fingerprint density at radius 3 is 2.56 bits per heavy atom. The number of carbonyl (C=O) groups excluding carboxylic acids is 1. The second-order valence-corrected chi connectivity index (χ2v) is 4.71. The van der Waals surface area contributed by atoms with Gasteiger partial charge < -0.3 is 10.2 Å². The molecule has 0 spiro atoms. The van der Waals surface area contributed by atoms with Crippen LogP contribution in [0, 0.1) is 0 Å². The minimum atomic E-state index is -1.22. The number of hydrogen-bond donors (Lipinski definition) is 2. The fourth-order valence-electron chi connectivity index (χ4n) is 0.941. The van der Waals surface area contributed by atoms with Crippen LogP contribution in [0.2, 0.25) is 5.02 Å². The van der Waals surface area contributed by atoms with Crippen LogP contribution in [0.5, 0.6) is 0 Å². The fraction of sp³-hybridized carbons (Fsp3) is 0.444. The van der Waals surface area contributed by atoms with E-state index in [0.29, 0.717) is 5.02 Å². The summed E-state index contributed by atoms with van der Waals surface area (Å²) in [6.45, 7) is 1.39. The van der Waals surface area contributed by atoms with Gasteiger partial charge in [-0.1, -0.05) is 23.4 Å². The van der Waals surface area contributed by atoms with Gasteiger partial charge in [0.1, 0.15) is 6.10 Å². The summed E-state index contributed by atoms with van der Waals surface area (Å²) in [7, 11) is 0. The van der Waals surface area contributed by atoms with Crippen LogP contribution in [-0.2, 0) is 4.79 Å². The molecule has 0 amide bonds. The van der Waals surface area contributed by atoms with Crippen molar-refractivity contribution in [1.82, 2.24) is 9.97 Å². The molecule has 5 nitrogen and oxygen atoms in total. The minimum Gasteiger partial charge on any atom is -0.389 e. The van der Waals surface area contributed by atoms with Gasteiger partial charge in [-0.15, -0.1) is 0 Å². The molecule has 88 valence electrons. The summed E-state index contributed by atoms with van der Waals surface area (Å²) in [5, 5.41) is 19.4. The first-order chi connectivity index (χ1) is 7.50. The van der Waals surface area contributed by atoms with Crippen molar-refractivity contribution in [2.75, 3.05) is 5.75 Å². The SMILES string of the molecule is CC(=O)SCC(O)C(O)c1ncc(Cl)cn1. The minimum absolute atomic E-state index is 0.0843. The van der Waals surface area contributed by atoms with Gasteiger partial charge in [0, 0.05) is 25.1 Å². The summed E-state index contributed by atoms with van der Waals surface area (Å²) in [5.41, 5.74) is 0. The largest absolute Gasteiger partial charge is 0.389 e. The maximum absolute atomic E-state index is 10.7. The van der Waals surface area contributed by atoms with E-state index >= 15 is 0 Å². The average Bonchev–Trinajstić information content (AvgIpc) is 2.26.